The summed E-state index contributed by atoms with van der Waals surface area (Å²) in [4.78, 5) is 0. The van der Waals surface area contributed by atoms with Gasteiger partial charge in [0.15, 0.2) is 0 Å². The molecule has 1 aliphatic heterocycles. The number of benzene rings is 1. The maximum Gasteiger partial charge on any atom is 0.416 e. The van der Waals surface area contributed by atoms with E-state index in [9.17, 15) is 18.3 Å². The third kappa shape index (κ3) is 3.94. The molecule has 0 saturated carbocycles. The number of hydrogen-bond acceptors (Lipinski definition) is 2. The number of aliphatic hydroxyl groups is 1. The highest BCUT2D eigenvalue weighted by atomic mass is 19.4. The molecule has 1 aliphatic rings. The summed E-state index contributed by atoms with van der Waals surface area (Å²) >= 11 is 0. The number of alkyl halides is 3. The Morgan fingerprint density at radius 1 is 1.32 bits per heavy atom. The van der Waals surface area contributed by atoms with Gasteiger partial charge in [0.05, 0.1) is 17.8 Å². The SMILES string of the molecule is OC(CC1CCCCO1)c1cccc(C(F)(F)F)c1. The van der Waals surface area contributed by atoms with Crippen molar-refractivity contribution in [3.05, 3.63) is 35.4 Å². The van der Waals surface area contributed by atoms with E-state index in [-0.39, 0.29) is 6.10 Å². The molecule has 0 aliphatic carbocycles. The molecule has 0 spiro atoms. The van der Waals surface area contributed by atoms with Gasteiger partial charge in [0.25, 0.3) is 0 Å². The Balaban J connectivity index is 2.04. The highest BCUT2D eigenvalue weighted by Crippen LogP contribution is 2.32. The topological polar surface area (TPSA) is 29.5 Å². The smallest absolute Gasteiger partial charge is 0.388 e. The van der Waals surface area contributed by atoms with Gasteiger partial charge in [-0.15, -0.1) is 0 Å². The molecule has 5 heteroatoms. The lowest BCUT2D eigenvalue weighted by Gasteiger charge is -2.25. The molecule has 2 nitrogen and oxygen atoms in total. The molecule has 106 valence electrons. The zero-order valence-electron chi connectivity index (χ0n) is 10.5. The predicted octanol–water partition coefficient (Wildman–Crippen LogP) is 3.70. The van der Waals surface area contributed by atoms with E-state index < -0.39 is 17.8 Å². The summed E-state index contributed by atoms with van der Waals surface area (Å²) in [6.07, 6.45) is -2.09. The lowest BCUT2D eigenvalue weighted by Crippen LogP contribution is -2.21. The molecule has 0 radical (unpaired) electrons. The maximum absolute atomic E-state index is 12.6. The Kier molecular flexibility index (Phi) is 4.47. The van der Waals surface area contributed by atoms with Gasteiger partial charge in [0.2, 0.25) is 0 Å². The molecule has 1 N–H and O–H groups in total. The van der Waals surface area contributed by atoms with E-state index in [1.54, 1.807) is 0 Å². The molecule has 2 unspecified atom stereocenters. The molecule has 19 heavy (non-hydrogen) atoms. The summed E-state index contributed by atoms with van der Waals surface area (Å²) in [5.74, 6) is 0. The molecule has 1 aromatic carbocycles. The third-order valence-corrected chi connectivity index (χ3v) is 3.36. The van der Waals surface area contributed by atoms with Crippen molar-refractivity contribution in [3.63, 3.8) is 0 Å². The minimum absolute atomic E-state index is 0.0571. The minimum Gasteiger partial charge on any atom is -0.388 e. The first-order valence-electron chi connectivity index (χ1n) is 6.43. The third-order valence-electron chi connectivity index (χ3n) is 3.36. The van der Waals surface area contributed by atoms with Crippen LogP contribution in [-0.2, 0) is 10.9 Å². The first kappa shape index (κ1) is 14.3. The van der Waals surface area contributed by atoms with Gasteiger partial charge in [-0.1, -0.05) is 12.1 Å². The van der Waals surface area contributed by atoms with Gasteiger partial charge in [-0.3, -0.25) is 0 Å². The number of rotatable bonds is 3. The summed E-state index contributed by atoms with van der Waals surface area (Å²) in [6, 6.07) is 4.85. The zero-order valence-corrected chi connectivity index (χ0v) is 10.5. The first-order chi connectivity index (χ1) is 8.97. The summed E-state index contributed by atoms with van der Waals surface area (Å²) in [5.41, 5.74) is -0.433. The lowest BCUT2D eigenvalue weighted by molar-refractivity contribution is -0.137. The fourth-order valence-electron chi connectivity index (χ4n) is 2.30. The summed E-state index contributed by atoms with van der Waals surface area (Å²) in [6.45, 7) is 0.667. The van der Waals surface area contributed by atoms with E-state index in [2.05, 4.69) is 0 Å². The average molecular weight is 274 g/mol. The van der Waals surface area contributed by atoms with Crippen molar-refractivity contribution in [1.82, 2.24) is 0 Å². The van der Waals surface area contributed by atoms with Crippen LogP contribution in [0.15, 0.2) is 24.3 Å². The van der Waals surface area contributed by atoms with Crippen molar-refractivity contribution in [2.45, 2.75) is 44.1 Å². The quantitative estimate of drug-likeness (QED) is 0.910. The van der Waals surface area contributed by atoms with Crippen molar-refractivity contribution in [1.29, 1.82) is 0 Å². The van der Waals surface area contributed by atoms with Crippen LogP contribution in [0.3, 0.4) is 0 Å². The summed E-state index contributed by atoms with van der Waals surface area (Å²) in [7, 11) is 0. The van der Waals surface area contributed by atoms with Crippen LogP contribution in [0.4, 0.5) is 13.2 Å². The molecule has 2 atom stereocenters. The molecule has 1 heterocycles. The van der Waals surface area contributed by atoms with E-state index in [1.807, 2.05) is 0 Å². The second kappa shape index (κ2) is 5.92. The second-order valence-electron chi connectivity index (χ2n) is 4.86. The van der Waals surface area contributed by atoms with Gasteiger partial charge in [-0.05, 0) is 37.0 Å². The number of aliphatic hydroxyl groups excluding tert-OH is 1. The Bertz CT molecular complexity index is 411. The Morgan fingerprint density at radius 3 is 2.74 bits per heavy atom. The molecule has 1 aromatic rings. The Hall–Kier alpha value is -1.07. The van der Waals surface area contributed by atoms with Crippen molar-refractivity contribution in [3.8, 4) is 0 Å². The van der Waals surface area contributed by atoms with E-state index in [1.165, 1.54) is 12.1 Å². The van der Waals surface area contributed by atoms with Crippen LogP contribution in [0.1, 0.15) is 42.9 Å². The van der Waals surface area contributed by atoms with Crippen LogP contribution in [0.5, 0.6) is 0 Å². The van der Waals surface area contributed by atoms with Crippen molar-refractivity contribution in [2.75, 3.05) is 6.61 Å². The van der Waals surface area contributed by atoms with Crippen LogP contribution in [-0.4, -0.2) is 17.8 Å². The Labute approximate surface area is 110 Å². The van der Waals surface area contributed by atoms with Gasteiger partial charge < -0.3 is 9.84 Å². The molecule has 0 aromatic heterocycles. The first-order valence-corrected chi connectivity index (χ1v) is 6.43. The molecule has 1 fully saturated rings. The van der Waals surface area contributed by atoms with Gasteiger partial charge in [-0.25, -0.2) is 0 Å². The highest BCUT2D eigenvalue weighted by Gasteiger charge is 2.31. The maximum atomic E-state index is 12.6. The molecule has 1 saturated heterocycles. The van der Waals surface area contributed by atoms with E-state index in [0.717, 1.165) is 31.4 Å². The summed E-state index contributed by atoms with van der Waals surface area (Å²) < 4.78 is 43.2. The van der Waals surface area contributed by atoms with Crippen molar-refractivity contribution in [2.24, 2.45) is 0 Å². The van der Waals surface area contributed by atoms with Gasteiger partial charge >= 0.3 is 6.18 Å². The lowest BCUT2D eigenvalue weighted by atomic mass is 9.97. The molecule has 0 amide bonds. The number of hydrogen-bond donors (Lipinski definition) is 1. The fraction of sp³-hybridized carbons (Fsp3) is 0.571. The van der Waals surface area contributed by atoms with Crippen LogP contribution in [0.25, 0.3) is 0 Å². The number of halogens is 3. The van der Waals surface area contributed by atoms with Gasteiger partial charge in [-0.2, -0.15) is 13.2 Å². The van der Waals surface area contributed by atoms with Crippen LogP contribution in [0, 0.1) is 0 Å². The number of ether oxygens (including phenoxy) is 1. The molecular formula is C14H17F3O2. The largest absolute Gasteiger partial charge is 0.416 e. The Morgan fingerprint density at radius 2 is 2.11 bits per heavy atom. The van der Waals surface area contributed by atoms with Gasteiger partial charge in [0, 0.05) is 13.0 Å². The minimum atomic E-state index is -4.38. The predicted molar refractivity (Wildman–Crippen MR) is 64.6 cm³/mol. The molecule has 0 bridgehead atoms. The van der Waals surface area contributed by atoms with E-state index >= 15 is 0 Å². The normalized spacial score (nSPS) is 22.2. The summed E-state index contributed by atoms with van der Waals surface area (Å²) in [5, 5.41) is 10.0. The highest BCUT2D eigenvalue weighted by molar-refractivity contribution is 5.27. The van der Waals surface area contributed by atoms with E-state index in [0.29, 0.717) is 18.6 Å². The monoisotopic (exact) mass is 274 g/mol. The van der Waals surface area contributed by atoms with Crippen LogP contribution >= 0.6 is 0 Å². The molecular weight excluding hydrogens is 257 g/mol. The van der Waals surface area contributed by atoms with Gasteiger partial charge in [0.1, 0.15) is 0 Å². The van der Waals surface area contributed by atoms with Crippen molar-refractivity contribution < 1.29 is 23.0 Å². The second-order valence-corrected chi connectivity index (χ2v) is 4.86. The standard InChI is InChI=1S/C14H17F3O2/c15-14(16,17)11-5-3-4-10(8-11)13(18)9-12-6-1-2-7-19-12/h3-5,8,12-13,18H,1-2,6-7,9H2. The fourth-order valence-corrected chi connectivity index (χ4v) is 2.30. The van der Waals surface area contributed by atoms with Crippen LogP contribution < -0.4 is 0 Å². The average Bonchev–Trinajstić information content (AvgIpc) is 2.39. The molecule has 2 rings (SSSR count). The van der Waals surface area contributed by atoms with Crippen molar-refractivity contribution >= 4 is 0 Å². The zero-order chi connectivity index (χ0) is 13.9. The van der Waals surface area contributed by atoms with Crippen LogP contribution in [0.2, 0.25) is 0 Å². The van der Waals surface area contributed by atoms with E-state index in [4.69, 9.17) is 4.74 Å².